The Hall–Kier alpha value is -0.0287. The number of hydrogen-bond acceptors (Lipinski definition) is 1. The summed E-state index contributed by atoms with van der Waals surface area (Å²) in [5, 5.41) is 0. The van der Waals surface area contributed by atoms with E-state index >= 15 is 0 Å². The Morgan fingerprint density at radius 3 is 2.00 bits per heavy atom. The van der Waals surface area contributed by atoms with Crippen LogP contribution < -0.4 is 62.6 Å². The van der Waals surface area contributed by atoms with Crippen LogP contribution in [0.2, 0.25) is 0 Å². The van der Waals surface area contributed by atoms with Gasteiger partial charge in [0.25, 0.3) is 0 Å². The van der Waals surface area contributed by atoms with Crippen molar-refractivity contribution < 1.29 is 82.3 Å². The van der Waals surface area contributed by atoms with Crippen LogP contribution in [0.5, 0.6) is 0 Å². The summed E-state index contributed by atoms with van der Waals surface area (Å²) in [6.07, 6.45) is -5.07. The molecule has 0 aromatic heterocycles. The van der Waals surface area contributed by atoms with Gasteiger partial charge in [0.15, 0.2) is 0 Å². The summed E-state index contributed by atoms with van der Waals surface area (Å²) in [5.41, 5.74) is 0.563. The summed E-state index contributed by atoms with van der Waals surface area (Å²) in [7, 11) is 0. The number of halogens is 6. The molecule has 1 aromatic rings. The fourth-order valence-corrected chi connectivity index (χ4v) is 1.21. The predicted molar refractivity (Wildman–Crippen MR) is 48.7 cm³/mol. The second-order valence-electron chi connectivity index (χ2n) is 3.24. The smallest absolute Gasteiger partial charge is 0.445 e. The number of carbonyl (C=O) groups excluding carboxylic acids is 1. The topological polar surface area (TPSA) is 43.1 Å². The summed E-state index contributed by atoms with van der Waals surface area (Å²) in [5.74, 6) is -1.43. The van der Waals surface area contributed by atoms with Crippen LogP contribution >= 0.6 is 0 Å². The molecule has 0 saturated heterocycles. The number of nitrogens with two attached hydrogens (primary N) is 1. The van der Waals surface area contributed by atoms with Crippen LogP contribution in [0.1, 0.15) is 15.9 Å². The average molecular weight is 295 g/mol. The number of primary amides is 1. The Kier molecular flexibility index (Phi) is 5.94. The average Bonchev–Trinajstić information content (AvgIpc) is 2.14. The van der Waals surface area contributed by atoms with Crippen molar-refractivity contribution in [3.8, 4) is 0 Å². The van der Waals surface area contributed by atoms with Gasteiger partial charge in [0.2, 0.25) is 5.91 Å². The first kappa shape index (κ1) is 18.0. The van der Waals surface area contributed by atoms with Gasteiger partial charge < -0.3 is 18.7 Å². The van der Waals surface area contributed by atoms with E-state index in [4.69, 9.17) is 0 Å². The summed E-state index contributed by atoms with van der Waals surface area (Å²) in [6, 6.07) is 0.713. The molecule has 0 fully saturated rings. The number of carbonyl (C=O) groups is 1. The fourth-order valence-electron chi connectivity index (χ4n) is 1.21. The van der Waals surface area contributed by atoms with Gasteiger partial charge in [-0.1, -0.05) is 18.2 Å². The molecule has 1 rings (SSSR count). The molecule has 18 heavy (non-hydrogen) atoms. The Morgan fingerprint density at radius 1 is 1.17 bits per heavy atom. The van der Waals surface area contributed by atoms with Gasteiger partial charge in [0, 0.05) is 0 Å². The molecule has 0 atom stereocenters. The SMILES string of the molecule is NC(=O)c1ccc([B-](F)(F)F)cc1C(F)(F)F.[K+]. The van der Waals surface area contributed by atoms with E-state index in [0.717, 1.165) is 0 Å². The zero-order chi connectivity index (χ0) is 13.4. The van der Waals surface area contributed by atoms with Crippen molar-refractivity contribution in [2.24, 2.45) is 5.73 Å². The molecule has 0 aliphatic heterocycles. The quantitative estimate of drug-likeness (QED) is 0.544. The minimum Gasteiger partial charge on any atom is -0.445 e. The van der Waals surface area contributed by atoms with E-state index in [1.54, 1.807) is 0 Å². The Balaban J connectivity index is 0.00000289. The summed E-state index contributed by atoms with van der Waals surface area (Å²) in [6.45, 7) is -5.57. The largest absolute Gasteiger partial charge is 1.00 e. The number of benzene rings is 1. The van der Waals surface area contributed by atoms with Gasteiger partial charge in [0.05, 0.1) is 11.1 Å². The van der Waals surface area contributed by atoms with Crippen molar-refractivity contribution in [3.05, 3.63) is 29.3 Å². The fraction of sp³-hybridized carbons (Fsp3) is 0.125. The molecule has 1 amide bonds. The Bertz CT molecular complexity index is 458. The molecule has 0 aliphatic carbocycles. The van der Waals surface area contributed by atoms with Crippen molar-refractivity contribution in [1.29, 1.82) is 0 Å². The molecular formula is C8H5BF6KNO. The molecule has 2 N–H and O–H groups in total. The molecule has 0 bridgehead atoms. The van der Waals surface area contributed by atoms with Gasteiger partial charge in [0.1, 0.15) is 0 Å². The molecule has 0 radical (unpaired) electrons. The first-order chi connectivity index (χ1) is 7.53. The van der Waals surface area contributed by atoms with Crippen molar-refractivity contribution in [2.75, 3.05) is 0 Å². The van der Waals surface area contributed by atoms with Gasteiger partial charge >= 0.3 is 64.5 Å². The third-order valence-electron chi connectivity index (χ3n) is 1.99. The molecule has 94 valence electrons. The van der Waals surface area contributed by atoms with Gasteiger partial charge in [-0.05, 0) is 0 Å². The van der Waals surface area contributed by atoms with E-state index in [1.807, 2.05) is 0 Å². The Labute approximate surface area is 140 Å². The molecule has 0 spiro atoms. The molecule has 10 heteroatoms. The molecule has 2 nitrogen and oxygen atoms in total. The van der Waals surface area contributed by atoms with Crippen LogP contribution in [0, 0.1) is 0 Å². The van der Waals surface area contributed by atoms with Crippen LogP contribution in [-0.4, -0.2) is 12.9 Å². The minimum absolute atomic E-state index is 0. The summed E-state index contributed by atoms with van der Waals surface area (Å²) in [4.78, 5) is 10.7. The van der Waals surface area contributed by atoms with Gasteiger partial charge in [-0.3, -0.25) is 4.79 Å². The Morgan fingerprint density at radius 2 is 1.67 bits per heavy atom. The van der Waals surface area contributed by atoms with Crippen molar-refractivity contribution in [2.45, 2.75) is 6.18 Å². The van der Waals surface area contributed by atoms with E-state index in [0.29, 0.717) is 12.1 Å². The number of rotatable bonds is 2. The zero-order valence-corrected chi connectivity index (χ0v) is 12.2. The van der Waals surface area contributed by atoms with Crippen LogP contribution in [0.4, 0.5) is 26.1 Å². The molecule has 1 aromatic carbocycles. The minimum atomic E-state index is -5.57. The first-order valence-corrected chi connectivity index (χ1v) is 4.24. The van der Waals surface area contributed by atoms with Crippen molar-refractivity contribution >= 4 is 18.3 Å². The molecular weight excluding hydrogens is 290 g/mol. The predicted octanol–water partition coefficient (Wildman–Crippen LogP) is -1.14. The molecule has 0 saturated carbocycles. The van der Waals surface area contributed by atoms with Crippen molar-refractivity contribution in [3.63, 3.8) is 0 Å². The first-order valence-electron chi connectivity index (χ1n) is 4.24. The normalized spacial score (nSPS) is 11.9. The van der Waals surface area contributed by atoms with Crippen LogP contribution in [0.3, 0.4) is 0 Å². The van der Waals surface area contributed by atoms with Crippen molar-refractivity contribution in [1.82, 2.24) is 0 Å². The second kappa shape index (κ2) is 5.95. The van der Waals surface area contributed by atoms with E-state index < -0.39 is 35.7 Å². The number of hydrogen-bond donors (Lipinski definition) is 1. The summed E-state index contributed by atoms with van der Waals surface area (Å²) >= 11 is 0. The van der Waals surface area contributed by atoms with Crippen LogP contribution in [0.15, 0.2) is 18.2 Å². The molecule has 0 unspecified atom stereocenters. The van der Waals surface area contributed by atoms with Gasteiger partial charge in [-0.2, -0.15) is 13.2 Å². The monoisotopic (exact) mass is 295 g/mol. The number of alkyl halides is 3. The molecule has 0 heterocycles. The maximum absolute atomic E-state index is 12.4. The molecule has 0 aliphatic rings. The number of amides is 1. The van der Waals surface area contributed by atoms with E-state index in [2.05, 4.69) is 5.73 Å². The second-order valence-corrected chi connectivity index (χ2v) is 3.24. The third kappa shape index (κ3) is 4.27. The van der Waals surface area contributed by atoms with E-state index in [9.17, 15) is 30.9 Å². The van der Waals surface area contributed by atoms with Gasteiger partial charge in [-0.15, -0.1) is 5.46 Å². The maximum Gasteiger partial charge on any atom is 1.00 e. The summed E-state index contributed by atoms with van der Waals surface area (Å²) < 4.78 is 74.0. The zero-order valence-electron chi connectivity index (χ0n) is 9.06. The van der Waals surface area contributed by atoms with Crippen LogP contribution in [-0.2, 0) is 6.18 Å². The van der Waals surface area contributed by atoms with E-state index in [-0.39, 0.29) is 57.5 Å². The maximum atomic E-state index is 12.4. The standard InChI is InChI=1S/C8H5BF6NO.K/c10-8(11,12)6-3-4(9(13,14)15)1-2-5(6)7(16)17;/h1-3H,(H2,16,17);/q-1;+1. The third-order valence-corrected chi connectivity index (χ3v) is 1.99. The van der Waals surface area contributed by atoms with E-state index in [1.165, 1.54) is 0 Å². The van der Waals surface area contributed by atoms with Gasteiger partial charge in [-0.25, -0.2) is 0 Å². The van der Waals surface area contributed by atoms with Crippen LogP contribution in [0.25, 0.3) is 0 Å².